The van der Waals surface area contributed by atoms with Crippen LogP contribution in [0.3, 0.4) is 0 Å². The van der Waals surface area contributed by atoms with Gasteiger partial charge in [0, 0.05) is 13.2 Å². The number of hydrogen-bond donors (Lipinski definition) is 2. The number of nitrogens with one attached hydrogen (secondary N) is 1. The fourth-order valence-electron chi connectivity index (χ4n) is 0.835. The van der Waals surface area contributed by atoms with Gasteiger partial charge in [0.25, 0.3) is 0 Å². The molecule has 0 unspecified atom stereocenters. The molecule has 3 nitrogen and oxygen atoms in total. The number of ether oxygens (including phenoxy) is 2. The van der Waals surface area contributed by atoms with Crippen molar-refractivity contribution in [3.05, 3.63) is 0 Å². The van der Waals surface area contributed by atoms with E-state index in [1.165, 1.54) is 0 Å². The first-order valence-corrected chi connectivity index (χ1v) is 5.76. The van der Waals surface area contributed by atoms with Crippen LogP contribution in [-0.4, -0.2) is 30.4 Å². The van der Waals surface area contributed by atoms with Gasteiger partial charge in [-0.2, -0.15) is 0 Å². The molecule has 0 aliphatic heterocycles. The second-order valence-corrected chi connectivity index (χ2v) is 4.02. The third-order valence-electron chi connectivity index (χ3n) is 1.44. The van der Waals surface area contributed by atoms with Crippen molar-refractivity contribution in [1.29, 1.82) is 0 Å². The summed E-state index contributed by atoms with van der Waals surface area (Å²) in [7, 11) is 0. The van der Waals surface area contributed by atoms with Gasteiger partial charge in [-0.05, 0) is 12.8 Å². The van der Waals surface area contributed by atoms with Crippen molar-refractivity contribution in [1.82, 2.24) is 5.32 Å². The first-order chi connectivity index (χ1) is 6.70. The molecule has 0 aromatic heterocycles. The van der Waals surface area contributed by atoms with Crippen LogP contribution >= 0.6 is 24.8 Å². The molecule has 0 spiro atoms. The van der Waals surface area contributed by atoms with Crippen molar-refractivity contribution < 1.29 is 9.47 Å². The first-order valence-electron chi connectivity index (χ1n) is 4.90. The molecule has 0 aliphatic carbocycles. The minimum absolute atomic E-state index is 0.222. The Morgan fingerprint density at radius 2 is 1.79 bits per heavy atom. The molecule has 14 heavy (non-hydrogen) atoms. The molecule has 5 heteroatoms. The van der Waals surface area contributed by atoms with Crippen molar-refractivity contribution in [2.24, 2.45) is 0 Å². The molecule has 0 aromatic rings. The maximum Gasteiger partial charge on any atom is 0.174 e. The van der Waals surface area contributed by atoms with Gasteiger partial charge in [0.15, 0.2) is 6.29 Å². The van der Waals surface area contributed by atoms with Gasteiger partial charge in [-0.25, -0.2) is 0 Å². The van der Waals surface area contributed by atoms with Crippen LogP contribution in [0.2, 0.25) is 0 Å². The molecule has 1 N–H and O–H groups in total. The Bertz CT molecular complexity index is 148. The summed E-state index contributed by atoms with van der Waals surface area (Å²) in [5.41, 5.74) is 0. The molecule has 0 rings (SSSR count). The van der Waals surface area contributed by atoms with Crippen LogP contribution in [0.1, 0.15) is 26.7 Å². The predicted molar refractivity (Wildman–Crippen MR) is 65.9 cm³/mol. The van der Waals surface area contributed by atoms with Gasteiger partial charge in [-0.3, -0.25) is 0 Å². The quantitative estimate of drug-likeness (QED) is 0.384. The van der Waals surface area contributed by atoms with Gasteiger partial charge < -0.3 is 14.8 Å². The van der Waals surface area contributed by atoms with E-state index in [9.17, 15) is 0 Å². The predicted octanol–water partition coefficient (Wildman–Crippen LogP) is 1.97. The summed E-state index contributed by atoms with van der Waals surface area (Å²) in [6.07, 6.45) is 1.74. The fourth-order valence-corrected chi connectivity index (χ4v) is 1.01. The number of thiocarbonyl (C=S) groups is 1. The molecule has 0 aliphatic rings. The lowest BCUT2D eigenvalue weighted by molar-refractivity contribution is -0.137. The highest BCUT2D eigenvalue weighted by atomic mass is 32.1. The average Bonchev–Trinajstić information content (AvgIpc) is 2.16. The van der Waals surface area contributed by atoms with Gasteiger partial charge in [0.2, 0.25) is 0 Å². The van der Waals surface area contributed by atoms with E-state index >= 15 is 0 Å². The highest BCUT2D eigenvalue weighted by Gasteiger charge is 2.07. The van der Waals surface area contributed by atoms with Gasteiger partial charge in [0.1, 0.15) is 4.32 Å². The zero-order chi connectivity index (χ0) is 10.8. The lowest BCUT2D eigenvalue weighted by Gasteiger charge is -2.18. The van der Waals surface area contributed by atoms with E-state index in [0.717, 1.165) is 12.8 Å². The zero-order valence-electron chi connectivity index (χ0n) is 8.78. The number of thiol groups is 1. The third-order valence-corrected chi connectivity index (χ3v) is 1.74. The Hall–Kier alpha value is 0.160. The molecule has 0 radical (unpaired) electrons. The van der Waals surface area contributed by atoms with Crippen LogP contribution in [0.4, 0.5) is 0 Å². The molecule has 0 atom stereocenters. The molecule has 0 bridgehead atoms. The van der Waals surface area contributed by atoms with Gasteiger partial charge in [0.05, 0.1) is 6.54 Å². The normalized spacial score (nSPS) is 10.6. The Kier molecular flexibility index (Phi) is 9.82. The minimum Gasteiger partial charge on any atom is -0.366 e. The summed E-state index contributed by atoms with van der Waals surface area (Å²) >= 11 is 8.75. The van der Waals surface area contributed by atoms with E-state index in [-0.39, 0.29) is 6.29 Å². The molecule has 0 heterocycles. The van der Waals surface area contributed by atoms with Crippen molar-refractivity contribution in [2.75, 3.05) is 19.8 Å². The summed E-state index contributed by atoms with van der Waals surface area (Å²) in [6.45, 7) is 6.09. The van der Waals surface area contributed by atoms with E-state index in [1.54, 1.807) is 0 Å². The SMILES string of the molecule is CCCOC(CNC(=S)S)OCCC. The molecule has 0 fully saturated rings. The van der Waals surface area contributed by atoms with E-state index in [1.807, 2.05) is 0 Å². The van der Waals surface area contributed by atoms with Crippen molar-refractivity contribution >= 4 is 29.2 Å². The number of hydrogen-bond acceptors (Lipinski definition) is 3. The van der Waals surface area contributed by atoms with Crippen LogP contribution in [0, 0.1) is 0 Å². The molecular weight excluding hydrogens is 218 g/mol. The number of rotatable bonds is 8. The Labute approximate surface area is 96.9 Å². The lowest BCUT2D eigenvalue weighted by Crippen LogP contribution is -2.33. The van der Waals surface area contributed by atoms with Gasteiger partial charge in [-0.1, -0.05) is 26.1 Å². The maximum atomic E-state index is 5.47. The van der Waals surface area contributed by atoms with Crippen LogP contribution in [0.15, 0.2) is 0 Å². The molecule has 0 saturated heterocycles. The van der Waals surface area contributed by atoms with Crippen molar-refractivity contribution in [3.8, 4) is 0 Å². The molecule has 0 aromatic carbocycles. The minimum atomic E-state index is -0.222. The molecule has 84 valence electrons. The topological polar surface area (TPSA) is 30.5 Å². The molecule has 0 saturated carbocycles. The second kappa shape index (κ2) is 9.71. The zero-order valence-corrected chi connectivity index (χ0v) is 10.5. The van der Waals surface area contributed by atoms with E-state index in [2.05, 4.69) is 31.8 Å². The largest absolute Gasteiger partial charge is 0.366 e. The monoisotopic (exact) mass is 237 g/mol. The van der Waals surface area contributed by atoms with Crippen molar-refractivity contribution in [2.45, 2.75) is 33.0 Å². The third kappa shape index (κ3) is 8.74. The summed E-state index contributed by atoms with van der Waals surface area (Å²) in [4.78, 5) is 0. The lowest BCUT2D eigenvalue weighted by atomic mass is 10.5. The standard InChI is InChI=1S/C9H19NO2S2/c1-3-5-11-8(12-6-4-2)7-10-9(13)14/h8H,3-7H2,1-2H3,(H2,10,13,14). The van der Waals surface area contributed by atoms with Gasteiger partial charge in [-0.15, -0.1) is 12.6 Å². The highest BCUT2D eigenvalue weighted by Crippen LogP contribution is 1.97. The van der Waals surface area contributed by atoms with Crippen LogP contribution in [-0.2, 0) is 9.47 Å². The summed E-state index contributed by atoms with van der Waals surface area (Å²) in [5.74, 6) is 0. The highest BCUT2D eigenvalue weighted by molar-refractivity contribution is 8.11. The molecule has 0 amide bonds. The second-order valence-electron chi connectivity index (χ2n) is 2.86. The van der Waals surface area contributed by atoms with Crippen LogP contribution in [0.25, 0.3) is 0 Å². The summed E-state index contributed by atoms with van der Waals surface area (Å²) in [5, 5.41) is 2.91. The van der Waals surface area contributed by atoms with E-state index in [4.69, 9.17) is 21.7 Å². The summed E-state index contributed by atoms with van der Waals surface area (Å²) in [6, 6.07) is 0. The maximum absolute atomic E-state index is 5.47. The summed E-state index contributed by atoms with van der Waals surface area (Å²) < 4.78 is 11.4. The van der Waals surface area contributed by atoms with Crippen LogP contribution in [0.5, 0.6) is 0 Å². The average molecular weight is 237 g/mol. The molecular formula is C9H19NO2S2. The van der Waals surface area contributed by atoms with Crippen molar-refractivity contribution in [3.63, 3.8) is 0 Å². The van der Waals surface area contributed by atoms with E-state index < -0.39 is 0 Å². The Morgan fingerprint density at radius 3 is 2.14 bits per heavy atom. The van der Waals surface area contributed by atoms with E-state index in [0.29, 0.717) is 24.1 Å². The smallest absolute Gasteiger partial charge is 0.174 e. The Morgan fingerprint density at radius 1 is 1.29 bits per heavy atom. The van der Waals surface area contributed by atoms with Gasteiger partial charge >= 0.3 is 0 Å². The fraction of sp³-hybridized carbons (Fsp3) is 0.889. The Balaban J connectivity index is 3.65. The van der Waals surface area contributed by atoms with Crippen LogP contribution < -0.4 is 5.32 Å². The first kappa shape index (κ1) is 14.2.